The molecule has 2 fully saturated rings. The van der Waals surface area contributed by atoms with Crippen LogP contribution in [0.3, 0.4) is 0 Å². The number of carbonyl (C=O) groups is 3. The van der Waals surface area contributed by atoms with Gasteiger partial charge in [-0.05, 0) is 76.4 Å². The number of hydrogen-bond donors (Lipinski definition) is 4. The fourth-order valence-electron chi connectivity index (χ4n) is 8.43. The van der Waals surface area contributed by atoms with Crippen molar-refractivity contribution in [3.63, 3.8) is 0 Å². The first kappa shape index (κ1) is 44.1. The maximum atomic E-state index is 13.7. The van der Waals surface area contributed by atoms with E-state index >= 15 is 0 Å². The topological polar surface area (TPSA) is 197 Å². The van der Waals surface area contributed by atoms with Crippen molar-refractivity contribution in [1.29, 1.82) is 0 Å². The third kappa shape index (κ3) is 11.0. The molecule has 15 atom stereocenters. The summed E-state index contributed by atoms with van der Waals surface area (Å²) in [6.45, 7) is 16.9. The van der Waals surface area contributed by atoms with Crippen molar-refractivity contribution in [1.82, 2.24) is 0 Å². The number of ether oxygens (including phenoxy) is 6. The molecule has 0 radical (unpaired) electrons. The Bertz CT molecular complexity index is 1410. The predicted octanol–water partition coefficient (Wildman–Crippen LogP) is 5.18. The minimum atomic E-state index is -1.77. The second-order valence-corrected chi connectivity index (χ2v) is 16.5. The normalized spacial score (nSPS) is 40.9. The summed E-state index contributed by atoms with van der Waals surface area (Å²) in [5.41, 5.74) is 6.26. The van der Waals surface area contributed by atoms with Crippen molar-refractivity contribution in [2.45, 2.75) is 180 Å². The molecule has 4 aliphatic rings. The number of primary amides is 1. The highest BCUT2D eigenvalue weighted by Crippen LogP contribution is 2.45. The molecule has 306 valence electrons. The van der Waals surface area contributed by atoms with Gasteiger partial charge in [0.1, 0.15) is 24.4 Å². The largest absolute Gasteiger partial charge is 0.462 e. The molecule has 0 aromatic rings. The average molecular weight is 764 g/mol. The summed E-state index contributed by atoms with van der Waals surface area (Å²) in [5, 5.41) is 33.9. The van der Waals surface area contributed by atoms with E-state index in [9.17, 15) is 29.7 Å². The van der Waals surface area contributed by atoms with Gasteiger partial charge in [-0.2, -0.15) is 0 Å². The summed E-state index contributed by atoms with van der Waals surface area (Å²) >= 11 is 0. The number of Topliss-reactive ketones (excluding diaryl/α,β-unsaturated/α-hetero) is 1. The van der Waals surface area contributed by atoms with Gasteiger partial charge in [-0.1, -0.05) is 58.9 Å². The van der Waals surface area contributed by atoms with Crippen LogP contribution in [-0.4, -0.2) is 99.7 Å². The van der Waals surface area contributed by atoms with Gasteiger partial charge in [0.05, 0.1) is 30.8 Å². The van der Waals surface area contributed by atoms with Crippen LogP contribution in [-0.2, 0) is 38.0 Å². The summed E-state index contributed by atoms with van der Waals surface area (Å²) in [4.78, 5) is 37.8. The molecule has 4 rings (SSSR count). The number of fused-ring (bicyclic) bond motifs is 2. The summed E-state index contributed by atoms with van der Waals surface area (Å²) in [5.74, 6) is -3.55. The lowest BCUT2D eigenvalue weighted by molar-refractivity contribution is -0.254. The molecule has 0 aromatic heterocycles. The van der Waals surface area contributed by atoms with Crippen molar-refractivity contribution in [2.24, 2.45) is 29.4 Å². The number of aliphatic hydroxyl groups excluding tert-OH is 2. The first-order valence-electron chi connectivity index (χ1n) is 19.7. The lowest BCUT2D eigenvalue weighted by Gasteiger charge is -2.38. The third-order valence-electron chi connectivity index (χ3n) is 11.8. The molecule has 0 aliphatic carbocycles. The van der Waals surface area contributed by atoms with E-state index in [1.807, 2.05) is 73.6 Å². The van der Waals surface area contributed by atoms with Crippen LogP contribution in [0.1, 0.15) is 114 Å². The van der Waals surface area contributed by atoms with Crippen LogP contribution in [0.5, 0.6) is 0 Å². The number of ketones is 1. The fraction of sp³-hybridized carbons (Fsp3) is 0.780. The number of hydrogen-bond acceptors (Lipinski definition) is 12. The van der Waals surface area contributed by atoms with E-state index in [1.165, 1.54) is 0 Å². The van der Waals surface area contributed by atoms with Gasteiger partial charge in [0.2, 0.25) is 0 Å². The predicted molar refractivity (Wildman–Crippen MR) is 200 cm³/mol. The van der Waals surface area contributed by atoms with Gasteiger partial charge in [-0.15, -0.1) is 0 Å². The summed E-state index contributed by atoms with van der Waals surface area (Å²) < 4.78 is 35.8. The second-order valence-electron chi connectivity index (χ2n) is 16.5. The molecule has 0 aromatic carbocycles. The number of epoxide rings is 1. The van der Waals surface area contributed by atoms with Crippen LogP contribution < -0.4 is 5.73 Å². The summed E-state index contributed by atoms with van der Waals surface area (Å²) in [7, 11) is 0. The van der Waals surface area contributed by atoms with Crippen molar-refractivity contribution in [3.8, 4) is 0 Å². The number of cyclic esters (lactones) is 1. The Morgan fingerprint density at radius 1 is 1.04 bits per heavy atom. The maximum Gasteiger partial charge on any atom is 0.404 e. The number of allylic oxidation sites excluding steroid dienone is 1. The first-order valence-corrected chi connectivity index (χ1v) is 19.7. The van der Waals surface area contributed by atoms with E-state index in [1.54, 1.807) is 6.92 Å². The highest BCUT2D eigenvalue weighted by molar-refractivity contribution is 5.89. The van der Waals surface area contributed by atoms with Gasteiger partial charge in [-0.25, -0.2) is 4.79 Å². The molecule has 5 N–H and O–H groups in total. The van der Waals surface area contributed by atoms with Gasteiger partial charge in [0.15, 0.2) is 23.5 Å². The van der Waals surface area contributed by atoms with Crippen LogP contribution in [0.2, 0.25) is 0 Å². The standard InChI is InChI=1S/C41H65NO12/c1-10-31(43)40(9)38(54-40)26(6)19-25(5)37-27(7)34(45)22(2)15-16-29(50-33-20-30(51-39(42)47)35(46)28(8)49-33)14-12-11-13-23(3)36-24(4)17-18-41(48,53-36)21-32(44)52-37/h13,15-17,22,25-30,33-38,45-46,48H,10-12,14,18-21H2,1-9H3,(H2,42,47)/t22-,25-,26-,27+,28+,29-,30+,33+,34+,35-,36-,37-,38+,40+,41+/m1/s1. The van der Waals surface area contributed by atoms with Crippen LogP contribution in [0, 0.1) is 23.7 Å². The average Bonchev–Trinajstić information content (AvgIpc) is 3.81. The zero-order valence-electron chi connectivity index (χ0n) is 33.6. The molecule has 13 heteroatoms. The van der Waals surface area contributed by atoms with Crippen molar-refractivity contribution in [3.05, 3.63) is 35.5 Å². The quantitative estimate of drug-likeness (QED) is 0.137. The number of carbonyl (C=O) groups excluding carboxylic acids is 3. The molecule has 4 aliphatic heterocycles. The Morgan fingerprint density at radius 2 is 1.72 bits per heavy atom. The van der Waals surface area contributed by atoms with E-state index in [0.29, 0.717) is 32.1 Å². The fourth-order valence-corrected chi connectivity index (χ4v) is 8.43. The second kappa shape index (κ2) is 18.5. The Morgan fingerprint density at radius 3 is 2.39 bits per heavy atom. The Kier molecular flexibility index (Phi) is 15.1. The molecule has 0 spiro atoms. The first-order chi connectivity index (χ1) is 25.3. The van der Waals surface area contributed by atoms with Crippen molar-refractivity contribution >= 4 is 17.8 Å². The minimum Gasteiger partial charge on any atom is -0.462 e. The number of rotatable bonds is 9. The minimum absolute atomic E-state index is 0.0277. The van der Waals surface area contributed by atoms with E-state index in [0.717, 1.165) is 11.1 Å². The molecular weight excluding hydrogens is 698 g/mol. The molecule has 0 saturated carbocycles. The van der Waals surface area contributed by atoms with Gasteiger partial charge in [0.25, 0.3) is 0 Å². The van der Waals surface area contributed by atoms with Gasteiger partial charge >= 0.3 is 12.1 Å². The van der Waals surface area contributed by atoms with E-state index in [2.05, 4.69) is 6.08 Å². The zero-order valence-corrected chi connectivity index (χ0v) is 33.6. The number of nitrogens with two attached hydrogens (primary N) is 1. The lowest BCUT2D eigenvalue weighted by atomic mass is 9.79. The molecule has 0 unspecified atom stereocenters. The highest BCUT2D eigenvalue weighted by atomic mass is 16.7. The molecule has 54 heavy (non-hydrogen) atoms. The third-order valence-corrected chi connectivity index (χ3v) is 11.8. The monoisotopic (exact) mass is 763 g/mol. The van der Waals surface area contributed by atoms with E-state index in [4.69, 9.17) is 34.2 Å². The number of aliphatic hydroxyl groups is 3. The van der Waals surface area contributed by atoms with Crippen LogP contribution in [0.25, 0.3) is 0 Å². The van der Waals surface area contributed by atoms with Crippen LogP contribution in [0.15, 0.2) is 35.5 Å². The molecule has 4 heterocycles. The SMILES string of the molecule is CCC(=O)[C@]1(C)O[C@H]1[C@H](C)C[C@@H](C)[C@H]1OC(=O)C[C@]2(O)CC=C(C)[C@H](O2)C(C)=CCCC[C@@H](O[C@H]2C[C@H](OC(N)=O)[C@H](O)[C@H](C)O2)C=C[C@@H](C)[C@H](O)[C@@H]1C. The molecule has 1 amide bonds. The highest BCUT2D eigenvalue weighted by Gasteiger charge is 2.59. The molecule has 13 nitrogen and oxygen atoms in total. The van der Waals surface area contributed by atoms with Crippen LogP contribution in [0.4, 0.5) is 4.79 Å². The van der Waals surface area contributed by atoms with E-state index < -0.39 is 84.3 Å². The Hall–Kier alpha value is -2.65. The Balaban J connectivity index is 1.60. The smallest absolute Gasteiger partial charge is 0.404 e. The lowest BCUT2D eigenvalue weighted by Crippen LogP contribution is -2.50. The molecular formula is C41H65NO12. The van der Waals surface area contributed by atoms with Gasteiger partial charge < -0.3 is 49.5 Å². The zero-order chi connectivity index (χ0) is 40.1. The van der Waals surface area contributed by atoms with E-state index in [-0.39, 0.29) is 43.0 Å². The number of amides is 1. The van der Waals surface area contributed by atoms with Crippen LogP contribution >= 0.6 is 0 Å². The molecule has 2 bridgehead atoms. The summed E-state index contributed by atoms with van der Waals surface area (Å²) in [6, 6.07) is 0. The summed E-state index contributed by atoms with van der Waals surface area (Å²) in [6.07, 6.45) is 3.12. The van der Waals surface area contributed by atoms with Gasteiger partial charge in [0, 0.05) is 31.1 Å². The van der Waals surface area contributed by atoms with Crippen molar-refractivity contribution < 1.29 is 58.1 Å². The van der Waals surface area contributed by atoms with Crippen molar-refractivity contribution in [2.75, 3.05) is 0 Å². The van der Waals surface area contributed by atoms with Gasteiger partial charge in [-0.3, -0.25) is 9.59 Å². The number of esters is 1. The maximum absolute atomic E-state index is 13.7. The molecule has 2 saturated heterocycles. The Labute approximate surface area is 320 Å².